The lowest BCUT2D eigenvalue weighted by atomic mass is 10.2. The number of fused-ring (bicyclic) bond motifs is 1. The van der Waals surface area contributed by atoms with Gasteiger partial charge in [-0.3, -0.25) is 0 Å². The molecule has 2 aromatic heterocycles. The van der Waals surface area contributed by atoms with Crippen molar-refractivity contribution in [3.8, 4) is 0 Å². The molecular formula is C8H5Cl2N3O. The molecule has 72 valence electrons. The Balaban J connectivity index is 2.75. The number of aldehydes is 1. The Morgan fingerprint density at radius 3 is 3.00 bits per heavy atom. The third-order valence-electron chi connectivity index (χ3n) is 1.81. The third kappa shape index (κ3) is 1.36. The van der Waals surface area contributed by atoms with Crippen molar-refractivity contribution < 1.29 is 4.79 Å². The molecule has 0 bridgehead atoms. The van der Waals surface area contributed by atoms with E-state index < -0.39 is 0 Å². The molecule has 0 unspecified atom stereocenters. The molecule has 0 aliphatic heterocycles. The summed E-state index contributed by atoms with van der Waals surface area (Å²) >= 11 is 11.8. The maximum atomic E-state index is 10.4. The largest absolute Gasteiger partial charge is 0.303 e. The lowest BCUT2D eigenvalue weighted by molar-refractivity contribution is -0.107. The quantitative estimate of drug-likeness (QED) is 0.583. The van der Waals surface area contributed by atoms with Gasteiger partial charge in [0.2, 0.25) is 0 Å². The summed E-state index contributed by atoms with van der Waals surface area (Å²) in [6, 6.07) is 1.68. The third-order valence-corrected chi connectivity index (χ3v) is 2.51. The van der Waals surface area contributed by atoms with Gasteiger partial charge in [0, 0.05) is 18.1 Å². The van der Waals surface area contributed by atoms with Crippen LogP contribution in [0.4, 0.5) is 0 Å². The number of rotatable bonds is 2. The average Bonchev–Trinajstić information content (AvgIpc) is 2.60. The number of nitrogens with zero attached hydrogens (tertiary/aromatic N) is 3. The molecule has 0 N–H and O–H groups in total. The van der Waals surface area contributed by atoms with E-state index in [1.807, 2.05) is 0 Å². The van der Waals surface area contributed by atoms with E-state index in [4.69, 9.17) is 23.2 Å². The van der Waals surface area contributed by atoms with Crippen molar-refractivity contribution in [1.29, 1.82) is 0 Å². The Labute approximate surface area is 89.5 Å². The maximum Gasteiger partial charge on any atom is 0.158 e. The van der Waals surface area contributed by atoms with Gasteiger partial charge in [-0.25, -0.2) is 9.50 Å². The Bertz CT molecular complexity index is 495. The molecule has 2 aromatic rings. The Kier molecular flexibility index (Phi) is 2.39. The number of halogens is 2. The molecule has 4 nitrogen and oxygen atoms in total. The smallest absolute Gasteiger partial charge is 0.158 e. The van der Waals surface area contributed by atoms with Crippen molar-refractivity contribution in [1.82, 2.24) is 14.6 Å². The first-order chi connectivity index (χ1) is 6.74. The number of aromatic nitrogens is 3. The first-order valence-electron chi connectivity index (χ1n) is 3.85. The number of hydrogen-bond donors (Lipinski definition) is 0. The predicted molar refractivity (Wildman–Crippen MR) is 52.8 cm³/mol. The van der Waals surface area contributed by atoms with E-state index in [0.29, 0.717) is 16.4 Å². The first kappa shape index (κ1) is 9.43. The normalized spacial score (nSPS) is 10.7. The van der Waals surface area contributed by atoms with Gasteiger partial charge in [-0.2, -0.15) is 5.10 Å². The molecule has 14 heavy (non-hydrogen) atoms. The fourth-order valence-electron chi connectivity index (χ4n) is 1.17. The average molecular weight is 230 g/mol. The van der Waals surface area contributed by atoms with Crippen molar-refractivity contribution in [2.75, 3.05) is 0 Å². The van der Waals surface area contributed by atoms with Crippen LogP contribution in [-0.2, 0) is 11.2 Å². The second-order valence-electron chi connectivity index (χ2n) is 2.64. The molecule has 0 amide bonds. The standard InChI is InChI=1S/C8H5Cl2N3O/c9-7-5(2-4-14)8(10)13-6(12-7)1-3-11-13/h1,3-4H,2H2. The topological polar surface area (TPSA) is 47.3 Å². The van der Waals surface area contributed by atoms with Crippen LogP contribution < -0.4 is 0 Å². The van der Waals surface area contributed by atoms with E-state index in [9.17, 15) is 4.79 Å². The van der Waals surface area contributed by atoms with Crippen molar-refractivity contribution >= 4 is 35.1 Å². The summed E-state index contributed by atoms with van der Waals surface area (Å²) in [7, 11) is 0. The molecule has 2 rings (SSSR count). The number of carbonyl (C=O) groups is 1. The van der Waals surface area contributed by atoms with Gasteiger partial charge in [-0.15, -0.1) is 0 Å². The van der Waals surface area contributed by atoms with Crippen molar-refractivity contribution in [3.05, 3.63) is 28.1 Å². The molecule has 0 aliphatic rings. The molecule has 2 heterocycles. The fourth-order valence-corrected chi connectivity index (χ4v) is 1.76. The summed E-state index contributed by atoms with van der Waals surface area (Å²) in [6.45, 7) is 0. The molecule has 6 heteroatoms. The number of hydrogen-bond acceptors (Lipinski definition) is 3. The van der Waals surface area contributed by atoms with E-state index in [2.05, 4.69) is 10.1 Å². The summed E-state index contributed by atoms with van der Waals surface area (Å²) in [5.74, 6) is 0. The Morgan fingerprint density at radius 2 is 2.29 bits per heavy atom. The molecule has 0 fully saturated rings. The van der Waals surface area contributed by atoms with Crippen molar-refractivity contribution in [3.63, 3.8) is 0 Å². The van der Waals surface area contributed by atoms with Gasteiger partial charge in [0.15, 0.2) is 5.65 Å². The van der Waals surface area contributed by atoms with Crippen molar-refractivity contribution in [2.24, 2.45) is 0 Å². The van der Waals surface area contributed by atoms with Crippen LogP contribution in [0.15, 0.2) is 12.3 Å². The molecule has 0 saturated heterocycles. The second-order valence-corrected chi connectivity index (χ2v) is 3.36. The summed E-state index contributed by atoms with van der Waals surface area (Å²) in [4.78, 5) is 14.4. The highest BCUT2D eigenvalue weighted by Gasteiger charge is 2.11. The van der Waals surface area contributed by atoms with Gasteiger partial charge >= 0.3 is 0 Å². The SMILES string of the molecule is O=CCc1c(Cl)nc2ccnn2c1Cl. The van der Waals surface area contributed by atoms with Crippen LogP contribution in [0.25, 0.3) is 5.65 Å². The molecule has 0 aliphatic carbocycles. The van der Waals surface area contributed by atoms with Gasteiger partial charge in [-0.1, -0.05) is 23.2 Å². The Morgan fingerprint density at radius 1 is 1.50 bits per heavy atom. The van der Waals surface area contributed by atoms with E-state index >= 15 is 0 Å². The summed E-state index contributed by atoms with van der Waals surface area (Å²) in [5, 5.41) is 4.53. The zero-order chi connectivity index (χ0) is 10.1. The van der Waals surface area contributed by atoms with Crippen LogP contribution in [0.5, 0.6) is 0 Å². The van der Waals surface area contributed by atoms with Crippen LogP contribution in [0, 0.1) is 0 Å². The van der Waals surface area contributed by atoms with Gasteiger partial charge in [0.05, 0.1) is 6.20 Å². The monoisotopic (exact) mass is 229 g/mol. The zero-order valence-electron chi connectivity index (χ0n) is 6.94. The van der Waals surface area contributed by atoms with Crippen LogP contribution in [-0.4, -0.2) is 20.9 Å². The minimum Gasteiger partial charge on any atom is -0.303 e. The van der Waals surface area contributed by atoms with E-state index in [-0.39, 0.29) is 11.6 Å². The first-order valence-corrected chi connectivity index (χ1v) is 4.61. The second kappa shape index (κ2) is 3.55. The fraction of sp³-hybridized carbons (Fsp3) is 0.125. The van der Waals surface area contributed by atoms with Crippen LogP contribution >= 0.6 is 23.2 Å². The van der Waals surface area contributed by atoms with Crippen LogP contribution in [0.2, 0.25) is 10.3 Å². The summed E-state index contributed by atoms with van der Waals surface area (Å²) in [5.41, 5.74) is 1.06. The molecular weight excluding hydrogens is 225 g/mol. The van der Waals surface area contributed by atoms with E-state index in [1.165, 1.54) is 4.52 Å². The Hall–Kier alpha value is -1.13. The minimum absolute atomic E-state index is 0.139. The molecule has 0 saturated carbocycles. The lowest BCUT2D eigenvalue weighted by Gasteiger charge is -2.04. The highest BCUT2D eigenvalue weighted by atomic mass is 35.5. The molecule has 0 spiro atoms. The maximum absolute atomic E-state index is 10.4. The molecule has 0 aromatic carbocycles. The van der Waals surface area contributed by atoms with E-state index in [0.717, 1.165) is 6.29 Å². The van der Waals surface area contributed by atoms with E-state index in [1.54, 1.807) is 12.3 Å². The summed E-state index contributed by atoms with van der Waals surface area (Å²) in [6.07, 6.45) is 2.43. The molecule has 0 atom stereocenters. The van der Waals surface area contributed by atoms with Crippen LogP contribution in [0.1, 0.15) is 5.56 Å². The van der Waals surface area contributed by atoms with Gasteiger partial charge in [-0.05, 0) is 0 Å². The highest BCUT2D eigenvalue weighted by molar-refractivity contribution is 6.35. The van der Waals surface area contributed by atoms with Gasteiger partial charge in [0.1, 0.15) is 16.6 Å². The predicted octanol–water partition coefficient (Wildman–Crippen LogP) is 1.78. The van der Waals surface area contributed by atoms with Crippen LogP contribution in [0.3, 0.4) is 0 Å². The highest BCUT2D eigenvalue weighted by Crippen LogP contribution is 2.23. The minimum atomic E-state index is 0.139. The van der Waals surface area contributed by atoms with Gasteiger partial charge < -0.3 is 4.79 Å². The number of carbonyl (C=O) groups excluding carboxylic acids is 1. The zero-order valence-corrected chi connectivity index (χ0v) is 8.46. The van der Waals surface area contributed by atoms with Crippen molar-refractivity contribution in [2.45, 2.75) is 6.42 Å². The summed E-state index contributed by atoms with van der Waals surface area (Å²) < 4.78 is 1.44. The van der Waals surface area contributed by atoms with Gasteiger partial charge in [0.25, 0.3) is 0 Å². The lowest BCUT2D eigenvalue weighted by Crippen LogP contribution is -2.00. The molecule has 0 radical (unpaired) electrons.